The lowest BCUT2D eigenvalue weighted by Crippen LogP contribution is -2.59. The molecule has 2 saturated heterocycles. The van der Waals surface area contributed by atoms with Crippen molar-refractivity contribution in [3.8, 4) is 0 Å². The molecule has 1 atom stereocenters. The highest BCUT2D eigenvalue weighted by Gasteiger charge is 2.40. The predicted molar refractivity (Wildman–Crippen MR) is 88.8 cm³/mol. The first-order valence-electron chi connectivity index (χ1n) is 8.69. The first-order valence-corrected chi connectivity index (χ1v) is 8.69. The lowest BCUT2D eigenvalue weighted by atomic mass is 9.89. The molecular weight excluding hydrogens is 306 g/mol. The Kier molecular flexibility index (Phi) is 4.02. The van der Waals surface area contributed by atoms with Gasteiger partial charge in [0.15, 0.2) is 0 Å². The summed E-state index contributed by atoms with van der Waals surface area (Å²) in [6.07, 6.45) is 2.27. The minimum absolute atomic E-state index is 0.0245. The number of ether oxygens (including phenoxy) is 1. The van der Waals surface area contributed by atoms with E-state index in [0.29, 0.717) is 25.1 Å². The number of morpholine rings is 1. The Morgan fingerprint density at radius 3 is 2.79 bits per heavy atom. The molecule has 24 heavy (non-hydrogen) atoms. The number of carbonyl (C=O) groups is 2. The van der Waals surface area contributed by atoms with Crippen LogP contribution in [-0.4, -0.2) is 61.1 Å². The van der Waals surface area contributed by atoms with Gasteiger partial charge in [-0.05, 0) is 24.5 Å². The van der Waals surface area contributed by atoms with E-state index >= 15 is 0 Å². The molecule has 1 aromatic rings. The third-order valence-corrected chi connectivity index (χ3v) is 5.41. The topological polar surface area (TPSA) is 70.7 Å². The molecule has 0 saturated carbocycles. The quantitative estimate of drug-likeness (QED) is 0.779. The SMILES string of the molecule is O=C1N[C@@H](C(=O)N2CCC3(CC2)CNCCO3)Cc2ccccc21. The Hall–Kier alpha value is -1.92. The summed E-state index contributed by atoms with van der Waals surface area (Å²) in [5.74, 6) is -0.125. The van der Waals surface area contributed by atoms with E-state index in [1.54, 1.807) is 0 Å². The third kappa shape index (κ3) is 2.80. The second-order valence-corrected chi connectivity index (χ2v) is 6.92. The second-order valence-electron chi connectivity index (χ2n) is 6.92. The molecule has 0 aliphatic carbocycles. The van der Waals surface area contributed by atoms with Crippen LogP contribution in [0.2, 0.25) is 0 Å². The standard InChI is InChI=1S/C18H23N3O3/c22-16-14-4-2-1-3-13(14)11-15(20-16)17(23)21-8-5-18(6-9-21)12-19-7-10-24-18/h1-4,15,19H,5-12H2,(H,20,22)/t15-/m1/s1. The highest BCUT2D eigenvalue weighted by atomic mass is 16.5. The van der Waals surface area contributed by atoms with Crippen LogP contribution in [0, 0.1) is 0 Å². The summed E-state index contributed by atoms with van der Waals surface area (Å²) < 4.78 is 5.97. The van der Waals surface area contributed by atoms with Crippen molar-refractivity contribution in [2.75, 3.05) is 32.8 Å². The van der Waals surface area contributed by atoms with E-state index in [9.17, 15) is 9.59 Å². The van der Waals surface area contributed by atoms with E-state index in [1.807, 2.05) is 29.2 Å². The molecule has 0 aromatic heterocycles. The van der Waals surface area contributed by atoms with Crippen molar-refractivity contribution in [1.29, 1.82) is 0 Å². The van der Waals surface area contributed by atoms with Gasteiger partial charge in [-0.3, -0.25) is 9.59 Å². The average molecular weight is 329 g/mol. The van der Waals surface area contributed by atoms with Crippen molar-refractivity contribution >= 4 is 11.8 Å². The largest absolute Gasteiger partial charge is 0.372 e. The number of benzene rings is 1. The van der Waals surface area contributed by atoms with Crippen LogP contribution >= 0.6 is 0 Å². The van der Waals surface area contributed by atoms with E-state index in [1.165, 1.54) is 0 Å². The minimum Gasteiger partial charge on any atom is -0.372 e. The Balaban J connectivity index is 1.41. The molecule has 0 radical (unpaired) electrons. The molecule has 2 fully saturated rings. The summed E-state index contributed by atoms with van der Waals surface area (Å²) in [4.78, 5) is 26.9. The molecule has 2 amide bonds. The zero-order chi connectivity index (χ0) is 16.6. The van der Waals surface area contributed by atoms with Crippen molar-refractivity contribution in [3.05, 3.63) is 35.4 Å². The van der Waals surface area contributed by atoms with E-state index in [4.69, 9.17) is 4.74 Å². The number of carbonyl (C=O) groups excluding carboxylic acids is 2. The summed E-state index contributed by atoms with van der Waals surface area (Å²) in [6.45, 7) is 3.88. The van der Waals surface area contributed by atoms with Gasteiger partial charge in [-0.15, -0.1) is 0 Å². The normalized spacial score (nSPS) is 25.9. The van der Waals surface area contributed by atoms with Gasteiger partial charge in [-0.1, -0.05) is 18.2 Å². The van der Waals surface area contributed by atoms with Gasteiger partial charge in [0.2, 0.25) is 5.91 Å². The summed E-state index contributed by atoms with van der Waals surface area (Å²) in [5, 5.41) is 6.25. The van der Waals surface area contributed by atoms with Crippen LogP contribution in [-0.2, 0) is 16.0 Å². The van der Waals surface area contributed by atoms with Gasteiger partial charge in [-0.25, -0.2) is 0 Å². The predicted octanol–water partition coefficient (Wildman–Crippen LogP) is 0.322. The molecule has 4 rings (SSSR count). The Bertz CT molecular complexity index is 645. The maximum absolute atomic E-state index is 12.8. The van der Waals surface area contributed by atoms with E-state index in [2.05, 4.69) is 10.6 Å². The van der Waals surface area contributed by atoms with Crippen molar-refractivity contribution in [2.24, 2.45) is 0 Å². The van der Waals surface area contributed by atoms with Crippen LogP contribution in [0.1, 0.15) is 28.8 Å². The number of hydrogen-bond donors (Lipinski definition) is 2. The maximum Gasteiger partial charge on any atom is 0.252 e. The minimum atomic E-state index is -0.452. The second kappa shape index (κ2) is 6.18. The molecule has 3 aliphatic heterocycles. The van der Waals surface area contributed by atoms with E-state index in [0.717, 1.165) is 38.1 Å². The number of hydrogen-bond acceptors (Lipinski definition) is 4. The van der Waals surface area contributed by atoms with Crippen molar-refractivity contribution in [1.82, 2.24) is 15.5 Å². The first kappa shape index (κ1) is 15.6. The number of likely N-dealkylation sites (tertiary alicyclic amines) is 1. The van der Waals surface area contributed by atoms with Crippen LogP contribution in [0.4, 0.5) is 0 Å². The molecule has 0 bridgehead atoms. The lowest BCUT2D eigenvalue weighted by molar-refractivity contribution is -0.142. The third-order valence-electron chi connectivity index (χ3n) is 5.41. The van der Waals surface area contributed by atoms with Gasteiger partial charge in [-0.2, -0.15) is 0 Å². The summed E-state index contributed by atoms with van der Waals surface area (Å²) in [5.41, 5.74) is 1.52. The van der Waals surface area contributed by atoms with E-state index < -0.39 is 6.04 Å². The fraction of sp³-hybridized carbons (Fsp3) is 0.556. The van der Waals surface area contributed by atoms with Crippen LogP contribution in [0.5, 0.6) is 0 Å². The number of fused-ring (bicyclic) bond motifs is 1. The van der Waals surface area contributed by atoms with Crippen molar-refractivity contribution in [3.63, 3.8) is 0 Å². The van der Waals surface area contributed by atoms with Crippen LogP contribution in [0.15, 0.2) is 24.3 Å². The highest BCUT2D eigenvalue weighted by Crippen LogP contribution is 2.28. The van der Waals surface area contributed by atoms with Crippen LogP contribution in [0.3, 0.4) is 0 Å². The maximum atomic E-state index is 12.8. The van der Waals surface area contributed by atoms with Crippen molar-refractivity contribution in [2.45, 2.75) is 30.9 Å². The molecule has 3 aliphatic rings. The van der Waals surface area contributed by atoms with Gasteiger partial charge in [0.1, 0.15) is 6.04 Å². The molecule has 0 unspecified atom stereocenters. The fourth-order valence-corrected chi connectivity index (χ4v) is 3.96. The summed E-state index contributed by atoms with van der Waals surface area (Å²) >= 11 is 0. The van der Waals surface area contributed by atoms with Gasteiger partial charge in [0.25, 0.3) is 5.91 Å². The molecule has 6 nitrogen and oxygen atoms in total. The first-order chi connectivity index (χ1) is 11.7. The Labute approximate surface area is 141 Å². The number of amides is 2. The number of rotatable bonds is 1. The van der Waals surface area contributed by atoms with Crippen LogP contribution in [0.25, 0.3) is 0 Å². The number of nitrogens with zero attached hydrogens (tertiary/aromatic N) is 1. The molecular formula is C18H23N3O3. The summed E-state index contributed by atoms with van der Waals surface area (Å²) in [7, 11) is 0. The molecule has 3 heterocycles. The van der Waals surface area contributed by atoms with Crippen LogP contribution < -0.4 is 10.6 Å². The molecule has 1 aromatic carbocycles. The highest BCUT2D eigenvalue weighted by molar-refractivity contribution is 6.00. The van der Waals surface area contributed by atoms with Crippen molar-refractivity contribution < 1.29 is 14.3 Å². The zero-order valence-corrected chi connectivity index (χ0v) is 13.7. The molecule has 6 heteroatoms. The van der Waals surface area contributed by atoms with Gasteiger partial charge < -0.3 is 20.3 Å². The zero-order valence-electron chi connectivity index (χ0n) is 13.7. The number of nitrogens with one attached hydrogen (secondary N) is 2. The number of piperidine rings is 1. The Morgan fingerprint density at radius 1 is 1.25 bits per heavy atom. The fourth-order valence-electron chi connectivity index (χ4n) is 3.96. The molecule has 2 N–H and O–H groups in total. The summed E-state index contributed by atoms with van der Waals surface area (Å²) in [6, 6.07) is 7.05. The van der Waals surface area contributed by atoms with Gasteiger partial charge in [0.05, 0.1) is 12.2 Å². The van der Waals surface area contributed by atoms with E-state index in [-0.39, 0.29) is 17.4 Å². The lowest BCUT2D eigenvalue weighted by Gasteiger charge is -2.44. The van der Waals surface area contributed by atoms with Gasteiger partial charge >= 0.3 is 0 Å². The van der Waals surface area contributed by atoms with Gasteiger partial charge in [0, 0.05) is 38.2 Å². The molecule has 128 valence electrons. The average Bonchev–Trinajstić information content (AvgIpc) is 2.62. The smallest absolute Gasteiger partial charge is 0.252 e. The monoisotopic (exact) mass is 329 g/mol. The molecule has 1 spiro atoms. The Morgan fingerprint density at radius 2 is 2.04 bits per heavy atom.